The molecule has 0 aliphatic heterocycles. The quantitative estimate of drug-likeness (QED) is 0.911. The second kappa shape index (κ2) is 6.27. The summed E-state index contributed by atoms with van der Waals surface area (Å²) in [5.74, 6) is -0.816. The predicted molar refractivity (Wildman–Crippen MR) is 80.7 cm³/mol. The first-order valence-electron chi connectivity index (χ1n) is 6.45. The molecule has 0 radical (unpaired) electrons. The largest absolute Gasteiger partial charge is 0.467 e. The Morgan fingerprint density at radius 3 is 2.41 bits per heavy atom. The predicted octanol–water partition coefficient (Wildman–Crippen LogP) is 2.18. The molecular formula is C14H16FN3O3S. The maximum Gasteiger partial charge on any atom is 0.316 e. The number of rotatable bonds is 5. The lowest BCUT2D eigenvalue weighted by Crippen LogP contribution is -2.18. The van der Waals surface area contributed by atoms with Crippen LogP contribution in [0.2, 0.25) is 0 Å². The molecule has 1 aromatic heterocycles. The van der Waals surface area contributed by atoms with Crippen LogP contribution >= 0.6 is 0 Å². The van der Waals surface area contributed by atoms with Gasteiger partial charge in [-0.3, -0.25) is 4.72 Å². The highest BCUT2D eigenvalue weighted by atomic mass is 32.2. The Labute approximate surface area is 128 Å². The van der Waals surface area contributed by atoms with E-state index in [0.29, 0.717) is 22.6 Å². The van der Waals surface area contributed by atoms with Crippen molar-refractivity contribution in [3.63, 3.8) is 0 Å². The molecule has 22 heavy (non-hydrogen) atoms. The first-order valence-corrected chi connectivity index (χ1v) is 8.10. The lowest BCUT2D eigenvalue weighted by Gasteiger charge is -2.13. The third-order valence-electron chi connectivity index (χ3n) is 2.94. The van der Waals surface area contributed by atoms with Gasteiger partial charge in [0.2, 0.25) is 10.0 Å². The number of halogens is 1. The topological polar surface area (TPSA) is 81.2 Å². The number of benzene rings is 1. The summed E-state index contributed by atoms with van der Waals surface area (Å²) < 4.78 is 44.9. The molecule has 0 saturated heterocycles. The summed E-state index contributed by atoms with van der Waals surface area (Å²) in [6.45, 7) is 3.30. The van der Waals surface area contributed by atoms with E-state index in [4.69, 9.17) is 4.74 Å². The first-order chi connectivity index (χ1) is 10.3. The standard InChI is InChI=1S/C14H16FN3O3S/c1-9-13(10(2)17-14(16-9)21-3)18-22(19,20)8-11-5-4-6-12(15)7-11/h4-7,18H,8H2,1-3H3. The van der Waals surface area contributed by atoms with Gasteiger partial charge in [-0.25, -0.2) is 12.8 Å². The Morgan fingerprint density at radius 2 is 1.86 bits per heavy atom. The summed E-state index contributed by atoms with van der Waals surface area (Å²) in [7, 11) is -2.27. The Bertz CT molecular complexity index is 771. The number of hydrogen-bond donors (Lipinski definition) is 1. The average Bonchev–Trinajstić information content (AvgIpc) is 2.42. The van der Waals surface area contributed by atoms with Crippen molar-refractivity contribution in [3.8, 4) is 6.01 Å². The normalized spacial score (nSPS) is 11.3. The van der Waals surface area contributed by atoms with E-state index in [2.05, 4.69) is 14.7 Å². The summed E-state index contributed by atoms with van der Waals surface area (Å²) in [6, 6.07) is 5.63. The minimum Gasteiger partial charge on any atom is -0.467 e. The van der Waals surface area contributed by atoms with Crippen molar-refractivity contribution in [2.24, 2.45) is 0 Å². The number of aryl methyl sites for hydroxylation is 2. The zero-order valence-corrected chi connectivity index (χ0v) is 13.2. The Balaban J connectivity index is 2.26. The molecule has 0 aliphatic carbocycles. The van der Waals surface area contributed by atoms with E-state index in [-0.39, 0.29) is 11.8 Å². The summed E-state index contributed by atoms with van der Waals surface area (Å²) >= 11 is 0. The van der Waals surface area contributed by atoms with Gasteiger partial charge in [-0.05, 0) is 31.5 Å². The molecule has 118 valence electrons. The molecule has 2 rings (SSSR count). The average molecular weight is 325 g/mol. The number of anilines is 1. The van der Waals surface area contributed by atoms with Gasteiger partial charge < -0.3 is 4.74 Å². The molecule has 0 aliphatic rings. The molecule has 0 atom stereocenters. The molecular weight excluding hydrogens is 309 g/mol. The first kappa shape index (κ1) is 16.2. The van der Waals surface area contributed by atoms with Gasteiger partial charge in [0.05, 0.1) is 29.9 Å². The Hall–Kier alpha value is -2.22. The zero-order chi connectivity index (χ0) is 16.3. The minimum absolute atomic E-state index is 0.170. The molecule has 0 fully saturated rings. The van der Waals surface area contributed by atoms with Crippen molar-refractivity contribution < 1.29 is 17.5 Å². The van der Waals surface area contributed by atoms with Crippen LogP contribution in [0.15, 0.2) is 24.3 Å². The number of nitrogens with one attached hydrogen (secondary N) is 1. The molecule has 1 aromatic carbocycles. The van der Waals surface area contributed by atoms with Crippen molar-refractivity contribution in [2.45, 2.75) is 19.6 Å². The highest BCUT2D eigenvalue weighted by molar-refractivity contribution is 7.91. The van der Waals surface area contributed by atoms with E-state index in [1.165, 1.54) is 25.3 Å². The molecule has 0 amide bonds. The molecule has 6 nitrogen and oxygen atoms in total. The number of ether oxygens (including phenoxy) is 1. The number of aromatic nitrogens is 2. The zero-order valence-electron chi connectivity index (χ0n) is 12.4. The minimum atomic E-state index is -3.71. The lowest BCUT2D eigenvalue weighted by molar-refractivity contribution is 0.378. The van der Waals surface area contributed by atoms with Gasteiger partial charge >= 0.3 is 6.01 Å². The van der Waals surface area contributed by atoms with Gasteiger partial charge in [-0.15, -0.1) is 0 Å². The molecule has 0 bridgehead atoms. The third kappa shape index (κ3) is 3.91. The second-order valence-electron chi connectivity index (χ2n) is 4.75. The van der Waals surface area contributed by atoms with Crippen LogP contribution in [-0.4, -0.2) is 25.5 Å². The highest BCUT2D eigenvalue weighted by Gasteiger charge is 2.17. The smallest absolute Gasteiger partial charge is 0.316 e. The van der Waals surface area contributed by atoms with Crippen LogP contribution in [0.5, 0.6) is 6.01 Å². The van der Waals surface area contributed by atoms with Crippen LogP contribution in [0, 0.1) is 19.7 Å². The van der Waals surface area contributed by atoms with Crippen LogP contribution < -0.4 is 9.46 Å². The number of sulfonamides is 1. The third-order valence-corrected chi connectivity index (χ3v) is 4.16. The van der Waals surface area contributed by atoms with Gasteiger partial charge in [-0.1, -0.05) is 12.1 Å². The molecule has 2 aromatic rings. The van der Waals surface area contributed by atoms with E-state index < -0.39 is 15.8 Å². The fraction of sp³-hybridized carbons (Fsp3) is 0.286. The number of methoxy groups -OCH3 is 1. The Morgan fingerprint density at radius 1 is 1.23 bits per heavy atom. The van der Waals surface area contributed by atoms with Crippen molar-refractivity contribution in [3.05, 3.63) is 47.0 Å². The van der Waals surface area contributed by atoms with Crippen molar-refractivity contribution >= 4 is 15.7 Å². The molecule has 0 spiro atoms. The van der Waals surface area contributed by atoms with E-state index in [9.17, 15) is 12.8 Å². The summed E-state index contributed by atoms with van der Waals surface area (Å²) in [5.41, 5.74) is 1.56. The van der Waals surface area contributed by atoms with Crippen LogP contribution in [0.1, 0.15) is 17.0 Å². The maximum absolute atomic E-state index is 13.1. The van der Waals surface area contributed by atoms with Crippen LogP contribution in [0.4, 0.5) is 10.1 Å². The second-order valence-corrected chi connectivity index (χ2v) is 6.47. The van der Waals surface area contributed by atoms with E-state index in [0.717, 1.165) is 0 Å². The van der Waals surface area contributed by atoms with Gasteiger partial charge in [0.15, 0.2) is 0 Å². The summed E-state index contributed by atoms with van der Waals surface area (Å²) in [4.78, 5) is 8.07. The molecule has 0 saturated carbocycles. The molecule has 8 heteroatoms. The van der Waals surface area contributed by atoms with Crippen molar-refractivity contribution in [1.29, 1.82) is 0 Å². The Kier molecular flexibility index (Phi) is 4.60. The lowest BCUT2D eigenvalue weighted by atomic mass is 10.2. The van der Waals surface area contributed by atoms with Crippen molar-refractivity contribution in [1.82, 2.24) is 9.97 Å². The number of nitrogens with zero attached hydrogens (tertiary/aromatic N) is 2. The summed E-state index contributed by atoms with van der Waals surface area (Å²) in [6.07, 6.45) is 0. The number of hydrogen-bond acceptors (Lipinski definition) is 5. The van der Waals surface area contributed by atoms with E-state index in [1.807, 2.05) is 0 Å². The van der Waals surface area contributed by atoms with E-state index >= 15 is 0 Å². The maximum atomic E-state index is 13.1. The van der Waals surface area contributed by atoms with Gasteiger partial charge in [-0.2, -0.15) is 9.97 Å². The molecule has 1 N–H and O–H groups in total. The van der Waals surface area contributed by atoms with Gasteiger partial charge in [0.25, 0.3) is 0 Å². The highest BCUT2D eigenvalue weighted by Crippen LogP contribution is 2.21. The van der Waals surface area contributed by atoms with Crippen LogP contribution in [0.25, 0.3) is 0 Å². The fourth-order valence-corrected chi connectivity index (χ4v) is 3.26. The fourth-order valence-electron chi connectivity index (χ4n) is 1.96. The van der Waals surface area contributed by atoms with E-state index in [1.54, 1.807) is 19.9 Å². The van der Waals surface area contributed by atoms with Crippen LogP contribution in [-0.2, 0) is 15.8 Å². The van der Waals surface area contributed by atoms with Crippen molar-refractivity contribution in [2.75, 3.05) is 11.8 Å². The van der Waals surface area contributed by atoms with Crippen LogP contribution in [0.3, 0.4) is 0 Å². The SMILES string of the molecule is COc1nc(C)c(NS(=O)(=O)Cc2cccc(F)c2)c(C)n1. The van der Waals surface area contributed by atoms with Gasteiger partial charge in [0, 0.05) is 0 Å². The van der Waals surface area contributed by atoms with Gasteiger partial charge in [0.1, 0.15) is 5.82 Å². The summed E-state index contributed by atoms with van der Waals surface area (Å²) in [5, 5.41) is 0. The molecule has 0 unspecified atom stereocenters. The molecule has 1 heterocycles. The monoisotopic (exact) mass is 325 g/mol.